The van der Waals surface area contributed by atoms with E-state index in [2.05, 4.69) is 9.97 Å². The van der Waals surface area contributed by atoms with Crippen LogP contribution in [-0.4, -0.2) is 21.0 Å². The summed E-state index contributed by atoms with van der Waals surface area (Å²) in [5, 5.41) is 9.59. The monoisotopic (exact) mass is 278 g/mol. The van der Waals surface area contributed by atoms with E-state index in [1.165, 1.54) is 18.0 Å². The van der Waals surface area contributed by atoms with Crippen LogP contribution >= 0.6 is 11.8 Å². The molecule has 100 valence electrons. The number of carboxylic acids is 1. The number of aryl methyl sites for hydroxylation is 2. The van der Waals surface area contributed by atoms with Crippen LogP contribution in [0.15, 0.2) is 21.9 Å². The van der Waals surface area contributed by atoms with Gasteiger partial charge in [-0.25, -0.2) is 14.8 Å². The van der Waals surface area contributed by atoms with Crippen molar-refractivity contribution in [1.29, 1.82) is 0 Å². The average Bonchev–Trinajstić information content (AvgIpc) is 2.81. The molecule has 0 bridgehead atoms. The number of carbonyl (C=O) groups is 1. The molecular formula is C13H14N2O3S. The van der Waals surface area contributed by atoms with Gasteiger partial charge in [0.2, 0.25) is 5.76 Å². The molecule has 0 amide bonds. The second kappa shape index (κ2) is 5.44. The van der Waals surface area contributed by atoms with Crippen LogP contribution in [0.25, 0.3) is 0 Å². The number of thioether (sulfide) groups is 1. The lowest BCUT2D eigenvalue weighted by atomic mass is 10.2. The van der Waals surface area contributed by atoms with Crippen molar-refractivity contribution >= 4 is 17.7 Å². The molecule has 2 rings (SSSR count). The van der Waals surface area contributed by atoms with Crippen molar-refractivity contribution < 1.29 is 14.3 Å². The van der Waals surface area contributed by atoms with Gasteiger partial charge >= 0.3 is 5.97 Å². The molecule has 0 saturated heterocycles. The third kappa shape index (κ3) is 2.96. The molecule has 6 heteroatoms. The minimum absolute atomic E-state index is 0.0203. The Hall–Kier alpha value is -1.82. The summed E-state index contributed by atoms with van der Waals surface area (Å²) in [6.45, 7) is 5.86. The van der Waals surface area contributed by atoms with Gasteiger partial charge in [-0.05, 0) is 32.4 Å². The molecule has 2 aromatic rings. The molecule has 0 aliphatic rings. The SMILES string of the molecule is Cc1nc(SCc2ccoc2C(=O)O)nc(C)c1C. The number of hydrogen-bond acceptors (Lipinski definition) is 5. The smallest absolute Gasteiger partial charge is 0.372 e. The van der Waals surface area contributed by atoms with Crippen LogP contribution in [-0.2, 0) is 5.75 Å². The van der Waals surface area contributed by atoms with Gasteiger partial charge in [-0.15, -0.1) is 0 Å². The highest BCUT2D eigenvalue weighted by Crippen LogP contribution is 2.23. The predicted octanol–water partition coefficient (Wildman–Crippen LogP) is 2.99. The number of furan rings is 1. The standard InChI is InChI=1S/C13H14N2O3S/c1-7-8(2)14-13(15-9(7)3)19-6-10-4-5-18-11(10)12(16)17/h4-5H,6H2,1-3H3,(H,16,17). The van der Waals surface area contributed by atoms with Gasteiger partial charge < -0.3 is 9.52 Å². The summed E-state index contributed by atoms with van der Waals surface area (Å²) in [4.78, 5) is 19.7. The molecule has 0 atom stereocenters. The van der Waals surface area contributed by atoms with Crippen molar-refractivity contribution in [2.75, 3.05) is 0 Å². The van der Waals surface area contributed by atoms with Gasteiger partial charge in [-0.2, -0.15) is 0 Å². The molecular weight excluding hydrogens is 264 g/mol. The third-order valence-corrected chi connectivity index (χ3v) is 3.81. The van der Waals surface area contributed by atoms with Crippen LogP contribution in [0.2, 0.25) is 0 Å². The Morgan fingerprint density at radius 3 is 2.53 bits per heavy atom. The number of hydrogen-bond donors (Lipinski definition) is 1. The summed E-state index contributed by atoms with van der Waals surface area (Å²) in [7, 11) is 0. The maximum Gasteiger partial charge on any atom is 0.372 e. The van der Waals surface area contributed by atoms with Crippen molar-refractivity contribution in [3.8, 4) is 0 Å². The Morgan fingerprint density at radius 2 is 1.95 bits per heavy atom. The van der Waals surface area contributed by atoms with E-state index in [9.17, 15) is 4.79 Å². The van der Waals surface area contributed by atoms with Gasteiger partial charge in [-0.3, -0.25) is 0 Å². The second-order valence-corrected chi connectivity index (χ2v) is 5.11. The van der Waals surface area contributed by atoms with Gasteiger partial charge in [0, 0.05) is 22.7 Å². The molecule has 0 aromatic carbocycles. The fourth-order valence-corrected chi connectivity index (χ4v) is 2.50. The van der Waals surface area contributed by atoms with Crippen molar-refractivity contribution in [3.05, 3.63) is 40.6 Å². The van der Waals surface area contributed by atoms with Crippen molar-refractivity contribution in [2.45, 2.75) is 31.7 Å². The van der Waals surface area contributed by atoms with Gasteiger partial charge in [0.15, 0.2) is 5.16 Å². The lowest BCUT2D eigenvalue weighted by molar-refractivity contribution is 0.0661. The molecule has 0 aliphatic carbocycles. The molecule has 0 aliphatic heterocycles. The number of aromatic carboxylic acids is 1. The van der Waals surface area contributed by atoms with E-state index in [0.29, 0.717) is 16.5 Å². The third-order valence-electron chi connectivity index (χ3n) is 2.91. The molecule has 19 heavy (non-hydrogen) atoms. The molecule has 5 nitrogen and oxygen atoms in total. The molecule has 2 heterocycles. The maximum atomic E-state index is 10.9. The molecule has 0 spiro atoms. The number of carboxylic acid groups (broad SMARTS) is 1. The van der Waals surface area contributed by atoms with Crippen molar-refractivity contribution in [1.82, 2.24) is 9.97 Å². The largest absolute Gasteiger partial charge is 0.475 e. The van der Waals surface area contributed by atoms with Crippen LogP contribution in [0.5, 0.6) is 0 Å². The van der Waals surface area contributed by atoms with E-state index in [0.717, 1.165) is 17.0 Å². The maximum absolute atomic E-state index is 10.9. The van der Waals surface area contributed by atoms with E-state index >= 15 is 0 Å². The molecule has 1 N–H and O–H groups in total. The fraction of sp³-hybridized carbons (Fsp3) is 0.308. The number of nitrogens with zero attached hydrogens (tertiary/aromatic N) is 2. The zero-order chi connectivity index (χ0) is 14.0. The summed E-state index contributed by atoms with van der Waals surface area (Å²) in [5.74, 6) is -0.606. The molecule has 0 fully saturated rings. The number of aromatic nitrogens is 2. The highest BCUT2D eigenvalue weighted by Gasteiger charge is 2.14. The minimum Gasteiger partial charge on any atom is -0.475 e. The van der Waals surface area contributed by atoms with E-state index in [1.807, 2.05) is 20.8 Å². The first-order valence-corrected chi connectivity index (χ1v) is 6.72. The predicted molar refractivity (Wildman–Crippen MR) is 71.5 cm³/mol. The Morgan fingerprint density at radius 1 is 1.32 bits per heavy atom. The van der Waals surface area contributed by atoms with E-state index in [-0.39, 0.29) is 5.76 Å². The normalized spacial score (nSPS) is 10.7. The van der Waals surface area contributed by atoms with Crippen LogP contribution in [0, 0.1) is 20.8 Å². The Kier molecular flexibility index (Phi) is 3.90. The zero-order valence-electron chi connectivity index (χ0n) is 10.9. The summed E-state index contributed by atoms with van der Waals surface area (Å²) in [6, 6.07) is 1.66. The molecule has 2 aromatic heterocycles. The summed E-state index contributed by atoms with van der Waals surface area (Å²) in [5.41, 5.74) is 3.61. The number of rotatable bonds is 4. The van der Waals surface area contributed by atoms with E-state index < -0.39 is 5.97 Å². The van der Waals surface area contributed by atoms with E-state index in [4.69, 9.17) is 9.52 Å². The molecule has 0 radical (unpaired) electrons. The Labute approximate surface area is 115 Å². The van der Waals surface area contributed by atoms with E-state index in [1.54, 1.807) is 6.07 Å². The summed E-state index contributed by atoms with van der Waals surface area (Å²) >= 11 is 1.40. The van der Waals surface area contributed by atoms with Crippen LogP contribution in [0.4, 0.5) is 0 Å². The summed E-state index contributed by atoms with van der Waals surface area (Å²) < 4.78 is 4.93. The van der Waals surface area contributed by atoms with Crippen molar-refractivity contribution in [2.24, 2.45) is 0 Å². The zero-order valence-corrected chi connectivity index (χ0v) is 11.7. The fourth-order valence-electron chi connectivity index (χ4n) is 1.59. The molecule has 0 saturated carbocycles. The minimum atomic E-state index is -1.06. The lowest BCUT2D eigenvalue weighted by Crippen LogP contribution is -2.00. The van der Waals surface area contributed by atoms with Crippen LogP contribution in [0.1, 0.15) is 33.1 Å². The second-order valence-electron chi connectivity index (χ2n) is 4.17. The topological polar surface area (TPSA) is 76.2 Å². The molecule has 0 unspecified atom stereocenters. The average molecular weight is 278 g/mol. The Balaban J connectivity index is 2.15. The van der Waals surface area contributed by atoms with Gasteiger partial charge in [0.25, 0.3) is 0 Å². The summed E-state index contributed by atoms with van der Waals surface area (Å²) in [6.07, 6.45) is 1.38. The Bertz CT molecular complexity index is 599. The van der Waals surface area contributed by atoms with Crippen LogP contribution in [0.3, 0.4) is 0 Å². The van der Waals surface area contributed by atoms with Gasteiger partial charge in [0.1, 0.15) is 0 Å². The van der Waals surface area contributed by atoms with Crippen molar-refractivity contribution in [3.63, 3.8) is 0 Å². The van der Waals surface area contributed by atoms with Gasteiger partial charge in [0.05, 0.1) is 6.26 Å². The lowest BCUT2D eigenvalue weighted by Gasteiger charge is -2.06. The first-order valence-electron chi connectivity index (χ1n) is 5.73. The van der Waals surface area contributed by atoms with Crippen LogP contribution < -0.4 is 0 Å². The highest BCUT2D eigenvalue weighted by atomic mass is 32.2. The first-order chi connectivity index (χ1) is 8.99. The van der Waals surface area contributed by atoms with Gasteiger partial charge in [-0.1, -0.05) is 11.8 Å². The highest BCUT2D eigenvalue weighted by molar-refractivity contribution is 7.98. The first kappa shape index (κ1) is 13.6. The quantitative estimate of drug-likeness (QED) is 0.684.